The van der Waals surface area contributed by atoms with Crippen molar-refractivity contribution in [2.75, 3.05) is 13.7 Å². The number of hydrogen-bond acceptors (Lipinski definition) is 3. The average Bonchev–Trinajstić information content (AvgIpc) is 2.32. The monoisotopic (exact) mass is 250 g/mol. The second-order valence-electron chi connectivity index (χ2n) is 4.58. The van der Waals surface area contributed by atoms with Gasteiger partial charge in [-0.1, -0.05) is 18.2 Å². The van der Waals surface area contributed by atoms with E-state index in [-0.39, 0.29) is 18.6 Å². The van der Waals surface area contributed by atoms with Gasteiger partial charge >= 0.3 is 0 Å². The van der Waals surface area contributed by atoms with Crippen LogP contribution in [0.2, 0.25) is 0 Å². The molecule has 1 rings (SSSR count). The molecule has 0 fully saturated rings. The second kappa shape index (κ2) is 6.52. The molecule has 0 aromatic heterocycles. The van der Waals surface area contributed by atoms with E-state index < -0.39 is 6.04 Å². The number of hydrogen-bond donors (Lipinski definition) is 2. The summed E-state index contributed by atoms with van der Waals surface area (Å²) in [5.41, 5.74) is 9.22. The number of carbonyl (C=O) groups excluding carboxylic acids is 1. The molecule has 0 radical (unpaired) electrons. The summed E-state index contributed by atoms with van der Waals surface area (Å²) in [7, 11) is 1.53. The Morgan fingerprint density at radius 3 is 2.72 bits per heavy atom. The minimum Gasteiger partial charge on any atom is -0.383 e. The number of aryl methyl sites for hydroxylation is 1. The van der Waals surface area contributed by atoms with Crippen LogP contribution in [0.25, 0.3) is 0 Å². The fourth-order valence-corrected chi connectivity index (χ4v) is 1.90. The summed E-state index contributed by atoms with van der Waals surface area (Å²) in [6.07, 6.45) is 0. The molecule has 0 heterocycles. The Labute approximate surface area is 109 Å². The number of nitrogens with one attached hydrogen (secondary N) is 1. The largest absolute Gasteiger partial charge is 0.383 e. The van der Waals surface area contributed by atoms with Crippen LogP contribution < -0.4 is 11.1 Å². The first-order valence-electron chi connectivity index (χ1n) is 6.08. The van der Waals surface area contributed by atoms with Crippen molar-refractivity contribution in [3.8, 4) is 0 Å². The zero-order valence-corrected chi connectivity index (χ0v) is 11.5. The van der Waals surface area contributed by atoms with E-state index in [1.807, 2.05) is 19.1 Å². The van der Waals surface area contributed by atoms with Gasteiger partial charge in [-0.3, -0.25) is 4.79 Å². The second-order valence-corrected chi connectivity index (χ2v) is 4.58. The van der Waals surface area contributed by atoms with Crippen LogP contribution in [0.15, 0.2) is 18.2 Å². The van der Waals surface area contributed by atoms with Gasteiger partial charge in [0.15, 0.2) is 0 Å². The normalized spacial score (nSPS) is 14.1. The van der Waals surface area contributed by atoms with Crippen LogP contribution in [0.4, 0.5) is 0 Å². The minimum atomic E-state index is -0.623. The molecule has 4 nitrogen and oxygen atoms in total. The summed E-state index contributed by atoms with van der Waals surface area (Å²) in [6.45, 7) is 6.30. The minimum absolute atomic E-state index is 0.0553. The summed E-state index contributed by atoms with van der Waals surface area (Å²) >= 11 is 0. The zero-order valence-electron chi connectivity index (χ0n) is 11.5. The topological polar surface area (TPSA) is 64.3 Å². The van der Waals surface area contributed by atoms with Crippen LogP contribution in [0, 0.1) is 13.8 Å². The summed E-state index contributed by atoms with van der Waals surface area (Å²) in [5.74, 6) is -0.190. The van der Waals surface area contributed by atoms with E-state index in [9.17, 15) is 4.79 Å². The van der Waals surface area contributed by atoms with Gasteiger partial charge < -0.3 is 15.8 Å². The van der Waals surface area contributed by atoms with Gasteiger partial charge in [0.25, 0.3) is 0 Å². The third kappa shape index (κ3) is 3.55. The number of methoxy groups -OCH3 is 1. The van der Waals surface area contributed by atoms with Gasteiger partial charge in [0, 0.05) is 7.11 Å². The van der Waals surface area contributed by atoms with E-state index >= 15 is 0 Å². The molecule has 0 aliphatic heterocycles. The molecule has 0 aliphatic carbocycles. The van der Waals surface area contributed by atoms with Crippen LogP contribution in [0.5, 0.6) is 0 Å². The molecule has 0 aliphatic rings. The van der Waals surface area contributed by atoms with Crippen molar-refractivity contribution in [1.29, 1.82) is 0 Å². The van der Waals surface area contributed by atoms with Crippen LogP contribution in [0.3, 0.4) is 0 Å². The molecular weight excluding hydrogens is 228 g/mol. The summed E-state index contributed by atoms with van der Waals surface area (Å²) in [5, 5.41) is 2.90. The van der Waals surface area contributed by atoms with Gasteiger partial charge in [-0.15, -0.1) is 0 Å². The third-order valence-electron chi connectivity index (χ3n) is 3.15. The lowest BCUT2D eigenvalue weighted by Crippen LogP contribution is -2.44. The van der Waals surface area contributed by atoms with Crippen molar-refractivity contribution in [3.63, 3.8) is 0 Å². The van der Waals surface area contributed by atoms with E-state index in [2.05, 4.69) is 25.2 Å². The fourth-order valence-electron chi connectivity index (χ4n) is 1.90. The van der Waals surface area contributed by atoms with Crippen molar-refractivity contribution in [2.24, 2.45) is 5.73 Å². The Balaban J connectivity index is 2.73. The molecule has 1 aromatic rings. The van der Waals surface area contributed by atoms with E-state index in [1.54, 1.807) is 0 Å². The maximum atomic E-state index is 11.8. The molecule has 18 heavy (non-hydrogen) atoms. The Bertz CT molecular complexity index is 418. The maximum Gasteiger partial charge on any atom is 0.239 e. The Kier molecular flexibility index (Phi) is 5.31. The van der Waals surface area contributed by atoms with E-state index in [0.717, 1.165) is 5.56 Å². The van der Waals surface area contributed by atoms with Gasteiger partial charge in [0.2, 0.25) is 5.91 Å². The highest BCUT2D eigenvalue weighted by molar-refractivity contribution is 5.82. The summed E-state index contributed by atoms with van der Waals surface area (Å²) < 4.78 is 4.87. The van der Waals surface area contributed by atoms with E-state index in [1.165, 1.54) is 18.2 Å². The van der Waals surface area contributed by atoms with Crippen molar-refractivity contribution in [2.45, 2.75) is 32.9 Å². The van der Waals surface area contributed by atoms with E-state index in [0.29, 0.717) is 0 Å². The number of nitrogens with two attached hydrogens (primary N) is 1. The standard InChI is InChI=1S/C14H22N2O2/c1-9-6-5-7-12(10(9)2)11(3)16-14(17)13(15)8-18-4/h5-7,11,13H,8,15H2,1-4H3,(H,16,17). The first-order chi connectivity index (χ1) is 8.47. The lowest BCUT2D eigenvalue weighted by molar-refractivity contribution is -0.124. The number of benzene rings is 1. The van der Waals surface area contributed by atoms with Gasteiger partial charge in [0.05, 0.1) is 12.6 Å². The number of carbonyl (C=O) groups is 1. The van der Waals surface area contributed by atoms with Crippen molar-refractivity contribution < 1.29 is 9.53 Å². The van der Waals surface area contributed by atoms with Gasteiger partial charge in [-0.25, -0.2) is 0 Å². The molecule has 0 saturated carbocycles. The highest BCUT2D eigenvalue weighted by atomic mass is 16.5. The number of rotatable bonds is 5. The maximum absolute atomic E-state index is 11.8. The molecule has 4 heteroatoms. The van der Waals surface area contributed by atoms with Crippen LogP contribution in [-0.4, -0.2) is 25.7 Å². The molecule has 1 amide bonds. The lowest BCUT2D eigenvalue weighted by Gasteiger charge is -2.20. The van der Waals surface area contributed by atoms with Crippen LogP contribution in [0.1, 0.15) is 29.7 Å². The van der Waals surface area contributed by atoms with Crippen LogP contribution in [-0.2, 0) is 9.53 Å². The lowest BCUT2D eigenvalue weighted by atomic mass is 9.98. The Morgan fingerprint density at radius 2 is 2.11 bits per heavy atom. The molecular formula is C14H22N2O2. The smallest absolute Gasteiger partial charge is 0.239 e. The number of ether oxygens (including phenoxy) is 1. The highest BCUT2D eigenvalue weighted by Crippen LogP contribution is 2.19. The first kappa shape index (κ1) is 14.7. The molecule has 0 saturated heterocycles. The van der Waals surface area contributed by atoms with Gasteiger partial charge in [0.1, 0.15) is 6.04 Å². The van der Waals surface area contributed by atoms with Gasteiger partial charge in [-0.2, -0.15) is 0 Å². The van der Waals surface area contributed by atoms with Crippen molar-refractivity contribution in [1.82, 2.24) is 5.32 Å². The Hall–Kier alpha value is -1.39. The zero-order chi connectivity index (χ0) is 13.7. The summed E-state index contributed by atoms with van der Waals surface area (Å²) in [6, 6.07) is 5.40. The van der Waals surface area contributed by atoms with Crippen molar-refractivity contribution in [3.05, 3.63) is 34.9 Å². The molecule has 0 spiro atoms. The van der Waals surface area contributed by atoms with Crippen molar-refractivity contribution >= 4 is 5.91 Å². The molecule has 2 atom stereocenters. The van der Waals surface area contributed by atoms with Crippen LogP contribution >= 0.6 is 0 Å². The van der Waals surface area contributed by atoms with E-state index in [4.69, 9.17) is 10.5 Å². The molecule has 100 valence electrons. The SMILES string of the molecule is COCC(N)C(=O)NC(C)c1cccc(C)c1C. The highest BCUT2D eigenvalue weighted by Gasteiger charge is 2.17. The fraction of sp³-hybridized carbons (Fsp3) is 0.500. The average molecular weight is 250 g/mol. The third-order valence-corrected chi connectivity index (χ3v) is 3.15. The molecule has 0 bridgehead atoms. The van der Waals surface area contributed by atoms with Gasteiger partial charge in [-0.05, 0) is 37.5 Å². The summed E-state index contributed by atoms with van der Waals surface area (Å²) in [4.78, 5) is 11.8. The predicted molar refractivity (Wildman–Crippen MR) is 72.3 cm³/mol. The predicted octanol–water partition coefficient (Wildman–Crippen LogP) is 1.45. The molecule has 3 N–H and O–H groups in total. The number of amides is 1. The first-order valence-corrected chi connectivity index (χ1v) is 6.08. The molecule has 2 unspecified atom stereocenters. The molecule has 1 aromatic carbocycles. The Morgan fingerprint density at radius 1 is 1.44 bits per heavy atom. The quantitative estimate of drug-likeness (QED) is 0.831.